The maximum absolute atomic E-state index is 10.6. The van der Waals surface area contributed by atoms with Crippen molar-refractivity contribution in [3.05, 3.63) is 21.3 Å². The highest BCUT2D eigenvalue weighted by atomic mass is 127. The average molecular weight is 348 g/mol. The number of hydrogen-bond acceptors (Lipinski definition) is 4. The number of hydrazone groups is 1. The lowest BCUT2D eigenvalue weighted by atomic mass is 10.2. The Bertz CT molecular complexity index is 447. The van der Waals surface area contributed by atoms with Gasteiger partial charge in [0.05, 0.1) is 16.4 Å². The largest absolute Gasteiger partial charge is 0.504 e. The number of phenolic OH excluding ortho intramolecular Hbond substituents is 1. The third kappa shape index (κ3) is 4.22. The minimum Gasteiger partial charge on any atom is -0.504 e. The van der Waals surface area contributed by atoms with E-state index in [2.05, 4.69) is 10.5 Å². The number of nitrogens with zero attached hydrogens (tertiary/aromatic N) is 1. The molecule has 0 bridgehead atoms. The van der Waals surface area contributed by atoms with Crippen LogP contribution in [0.2, 0.25) is 0 Å². The Labute approximate surface area is 113 Å². The number of benzene rings is 1. The molecule has 0 unspecified atom stereocenters. The average Bonchev–Trinajstić information content (AvgIpc) is 2.25. The normalized spacial score (nSPS) is 10.5. The Hall–Kier alpha value is -1.31. The Balaban J connectivity index is 2.93. The number of carbonyl (C=O) groups excluding carboxylic acids is 1. The molecular formula is C11H13IN2O3. The first-order valence-corrected chi connectivity index (χ1v) is 6.07. The lowest BCUT2D eigenvalue weighted by Gasteiger charge is -2.08. The number of amides is 1. The molecule has 1 rings (SSSR count). The minimum absolute atomic E-state index is 0.115. The van der Waals surface area contributed by atoms with Crippen LogP contribution in [0.4, 0.5) is 0 Å². The summed E-state index contributed by atoms with van der Waals surface area (Å²) in [5.41, 5.74) is 3.04. The number of hydrogen-bond donors (Lipinski definition) is 2. The number of ether oxygens (including phenoxy) is 1. The van der Waals surface area contributed by atoms with Crippen molar-refractivity contribution in [2.75, 3.05) is 6.61 Å². The first kappa shape index (κ1) is 13.8. The molecule has 0 aliphatic heterocycles. The standard InChI is InChI=1S/C11H13IN2O3/c1-3-17-10-5-8(4-9(12)11(10)16)6-13-14-7(2)15/h4-6,16H,3H2,1-2H3,(H,14,15)/b13-6+. The van der Waals surface area contributed by atoms with Crippen molar-refractivity contribution < 1.29 is 14.6 Å². The summed E-state index contributed by atoms with van der Waals surface area (Å²) in [5.74, 6) is 0.285. The fourth-order valence-electron chi connectivity index (χ4n) is 1.13. The molecule has 0 radical (unpaired) electrons. The molecule has 0 atom stereocenters. The van der Waals surface area contributed by atoms with Gasteiger partial charge in [0.2, 0.25) is 5.91 Å². The zero-order valence-electron chi connectivity index (χ0n) is 9.53. The maximum Gasteiger partial charge on any atom is 0.236 e. The van der Waals surface area contributed by atoms with E-state index in [1.165, 1.54) is 13.1 Å². The van der Waals surface area contributed by atoms with Crippen molar-refractivity contribution in [1.82, 2.24) is 5.43 Å². The van der Waals surface area contributed by atoms with Crippen LogP contribution in [0.15, 0.2) is 17.2 Å². The minimum atomic E-state index is -0.236. The highest BCUT2D eigenvalue weighted by Crippen LogP contribution is 2.32. The summed E-state index contributed by atoms with van der Waals surface area (Å²) < 4.78 is 5.95. The summed E-state index contributed by atoms with van der Waals surface area (Å²) in [5, 5.41) is 13.5. The summed E-state index contributed by atoms with van der Waals surface area (Å²) in [6.45, 7) is 3.68. The third-order valence-electron chi connectivity index (χ3n) is 1.79. The lowest BCUT2D eigenvalue weighted by molar-refractivity contribution is -0.118. The molecule has 92 valence electrons. The molecule has 6 heteroatoms. The van der Waals surface area contributed by atoms with Gasteiger partial charge < -0.3 is 9.84 Å². The topological polar surface area (TPSA) is 70.9 Å². The summed E-state index contributed by atoms with van der Waals surface area (Å²) in [4.78, 5) is 10.6. The number of carbonyl (C=O) groups is 1. The van der Waals surface area contributed by atoms with Gasteiger partial charge in [0, 0.05) is 6.92 Å². The molecule has 0 aliphatic rings. The molecule has 1 aromatic carbocycles. The molecule has 1 amide bonds. The second kappa shape index (κ2) is 6.43. The Morgan fingerprint density at radius 1 is 1.65 bits per heavy atom. The van der Waals surface area contributed by atoms with Gasteiger partial charge in [-0.05, 0) is 47.2 Å². The van der Waals surface area contributed by atoms with Crippen molar-refractivity contribution in [2.24, 2.45) is 5.10 Å². The van der Waals surface area contributed by atoms with Crippen molar-refractivity contribution in [2.45, 2.75) is 13.8 Å². The highest BCUT2D eigenvalue weighted by molar-refractivity contribution is 14.1. The van der Waals surface area contributed by atoms with Gasteiger partial charge in [-0.25, -0.2) is 5.43 Å². The molecule has 0 saturated heterocycles. The fourth-order valence-corrected chi connectivity index (χ4v) is 1.76. The predicted octanol–water partition coefficient (Wildman–Crippen LogP) is 1.87. The van der Waals surface area contributed by atoms with Crippen molar-refractivity contribution in [3.8, 4) is 11.5 Å². The Kier molecular flexibility index (Phi) is 5.20. The maximum atomic E-state index is 10.6. The van der Waals surface area contributed by atoms with Crippen LogP contribution in [0.1, 0.15) is 19.4 Å². The van der Waals surface area contributed by atoms with Gasteiger partial charge in [0.1, 0.15) is 0 Å². The highest BCUT2D eigenvalue weighted by Gasteiger charge is 2.07. The molecule has 1 aromatic rings. The van der Waals surface area contributed by atoms with E-state index in [0.29, 0.717) is 15.9 Å². The molecule has 0 saturated carbocycles. The van der Waals surface area contributed by atoms with Gasteiger partial charge in [-0.15, -0.1) is 0 Å². The first-order valence-electron chi connectivity index (χ1n) is 4.99. The monoisotopic (exact) mass is 348 g/mol. The van der Waals surface area contributed by atoms with E-state index in [1.807, 2.05) is 29.5 Å². The summed E-state index contributed by atoms with van der Waals surface area (Å²) in [6.07, 6.45) is 1.49. The SMILES string of the molecule is CCOc1cc(/C=N/NC(C)=O)cc(I)c1O. The Morgan fingerprint density at radius 3 is 2.94 bits per heavy atom. The van der Waals surface area contributed by atoms with E-state index in [4.69, 9.17) is 4.74 Å². The van der Waals surface area contributed by atoms with Crippen LogP contribution < -0.4 is 10.2 Å². The zero-order valence-corrected chi connectivity index (χ0v) is 11.7. The van der Waals surface area contributed by atoms with Gasteiger partial charge in [-0.3, -0.25) is 4.79 Å². The number of halogens is 1. The van der Waals surface area contributed by atoms with Crippen LogP contribution in [-0.4, -0.2) is 23.8 Å². The second-order valence-electron chi connectivity index (χ2n) is 3.21. The number of rotatable bonds is 4. The Morgan fingerprint density at radius 2 is 2.35 bits per heavy atom. The molecule has 0 spiro atoms. The first-order chi connectivity index (χ1) is 8.04. The van der Waals surface area contributed by atoms with Crippen molar-refractivity contribution in [3.63, 3.8) is 0 Å². The zero-order chi connectivity index (χ0) is 12.8. The smallest absolute Gasteiger partial charge is 0.236 e. The van der Waals surface area contributed by atoms with Gasteiger partial charge in [-0.2, -0.15) is 5.10 Å². The van der Waals surface area contributed by atoms with Gasteiger partial charge in [0.15, 0.2) is 11.5 Å². The summed E-state index contributed by atoms with van der Waals surface area (Å²) in [7, 11) is 0. The molecule has 5 nitrogen and oxygen atoms in total. The molecule has 0 aromatic heterocycles. The second-order valence-corrected chi connectivity index (χ2v) is 4.37. The molecule has 0 fully saturated rings. The van der Waals surface area contributed by atoms with Crippen molar-refractivity contribution >= 4 is 34.7 Å². The molecule has 0 aliphatic carbocycles. The van der Waals surface area contributed by atoms with Crippen molar-refractivity contribution in [1.29, 1.82) is 0 Å². The molecule has 0 heterocycles. The van der Waals surface area contributed by atoms with Crippen LogP contribution in [0.5, 0.6) is 11.5 Å². The fraction of sp³-hybridized carbons (Fsp3) is 0.273. The lowest BCUT2D eigenvalue weighted by Crippen LogP contribution is -2.12. The van der Waals surface area contributed by atoms with Gasteiger partial charge in [-0.1, -0.05) is 0 Å². The van der Waals surface area contributed by atoms with Crippen LogP contribution in [-0.2, 0) is 4.79 Å². The molecular weight excluding hydrogens is 335 g/mol. The molecule has 2 N–H and O–H groups in total. The van der Waals surface area contributed by atoms with E-state index in [-0.39, 0.29) is 11.7 Å². The van der Waals surface area contributed by atoms with Crippen LogP contribution >= 0.6 is 22.6 Å². The predicted molar refractivity (Wildman–Crippen MR) is 73.4 cm³/mol. The third-order valence-corrected chi connectivity index (χ3v) is 2.61. The van der Waals surface area contributed by atoms with Gasteiger partial charge >= 0.3 is 0 Å². The number of nitrogens with one attached hydrogen (secondary N) is 1. The van der Waals surface area contributed by atoms with Gasteiger partial charge in [0.25, 0.3) is 0 Å². The van der Waals surface area contributed by atoms with E-state index in [9.17, 15) is 9.90 Å². The molecule has 17 heavy (non-hydrogen) atoms. The number of aromatic hydroxyl groups is 1. The summed E-state index contributed by atoms with van der Waals surface area (Å²) in [6, 6.07) is 3.40. The van der Waals surface area contributed by atoms with Crippen LogP contribution in [0, 0.1) is 3.57 Å². The van der Waals surface area contributed by atoms with E-state index in [1.54, 1.807) is 12.1 Å². The van der Waals surface area contributed by atoms with Crippen LogP contribution in [0.3, 0.4) is 0 Å². The van der Waals surface area contributed by atoms with E-state index < -0.39 is 0 Å². The number of phenols is 1. The summed E-state index contributed by atoms with van der Waals surface area (Å²) >= 11 is 2.00. The van der Waals surface area contributed by atoms with E-state index >= 15 is 0 Å². The quantitative estimate of drug-likeness (QED) is 0.496. The van der Waals surface area contributed by atoms with Crippen LogP contribution in [0.25, 0.3) is 0 Å². The van der Waals surface area contributed by atoms with E-state index in [0.717, 1.165) is 5.56 Å².